The van der Waals surface area contributed by atoms with E-state index in [0.29, 0.717) is 21.5 Å². The number of thiazole rings is 1. The molecule has 0 aliphatic rings. The summed E-state index contributed by atoms with van der Waals surface area (Å²) in [6.45, 7) is 5.04. The number of benzene rings is 1. The minimum atomic E-state index is -0.304. The van der Waals surface area contributed by atoms with Crippen molar-refractivity contribution in [2.45, 2.75) is 20.8 Å². The van der Waals surface area contributed by atoms with Gasteiger partial charge in [0.1, 0.15) is 5.75 Å². The van der Waals surface area contributed by atoms with Crippen molar-refractivity contribution in [1.29, 1.82) is 0 Å². The van der Waals surface area contributed by atoms with Crippen molar-refractivity contribution in [1.82, 2.24) is 4.98 Å². The van der Waals surface area contributed by atoms with Crippen LogP contribution < -0.4 is 10.1 Å². The zero-order valence-corrected chi connectivity index (χ0v) is 12.9. The predicted molar refractivity (Wildman–Crippen MR) is 82.2 cm³/mol. The van der Waals surface area contributed by atoms with Crippen LogP contribution in [-0.4, -0.2) is 23.3 Å². The first kappa shape index (κ1) is 15.2. The summed E-state index contributed by atoms with van der Waals surface area (Å²) in [7, 11) is 0. The molecule has 1 aromatic heterocycles. The van der Waals surface area contributed by atoms with Gasteiger partial charge in [-0.15, -0.1) is 0 Å². The van der Waals surface area contributed by atoms with E-state index in [-0.39, 0.29) is 18.3 Å². The molecule has 0 spiro atoms. The summed E-state index contributed by atoms with van der Waals surface area (Å²) in [6.07, 6.45) is 0. The Morgan fingerprint density at radius 1 is 1.29 bits per heavy atom. The van der Waals surface area contributed by atoms with Gasteiger partial charge in [0.2, 0.25) is 0 Å². The second-order valence-corrected chi connectivity index (χ2v) is 5.59. The summed E-state index contributed by atoms with van der Waals surface area (Å²) in [5.74, 6) is 0.316. The van der Waals surface area contributed by atoms with Crippen LogP contribution in [0, 0.1) is 13.8 Å². The maximum absolute atomic E-state index is 11.8. The van der Waals surface area contributed by atoms with Crippen molar-refractivity contribution >= 4 is 28.2 Å². The van der Waals surface area contributed by atoms with Gasteiger partial charge >= 0.3 is 0 Å². The second kappa shape index (κ2) is 6.49. The quantitative estimate of drug-likeness (QED) is 0.862. The highest BCUT2D eigenvalue weighted by Gasteiger charge is 2.13. The number of aryl methyl sites for hydroxylation is 2. The van der Waals surface area contributed by atoms with E-state index in [1.54, 1.807) is 6.92 Å². The van der Waals surface area contributed by atoms with Gasteiger partial charge in [0, 0.05) is 6.92 Å². The molecule has 0 saturated heterocycles. The molecule has 0 fully saturated rings. The fourth-order valence-electron chi connectivity index (χ4n) is 1.79. The fourth-order valence-corrected chi connectivity index (χ4v) is 2.67. The van der Waals surface area contributed by atoms with Crippen molar-refractivity contribution < 1.29 is 14.3 Å². The zero-order valence-electron chi connectivity index (χ0n) is 12.1. The molecule has 0 unspecified atom stereocenters. The third-order valence-corrected chi connectivity index (χ3v) is 3.99. The number of carbonyl (C=O) groups excluding carboxylic acids is 2. The number of nitrogens with zero attached hydrogens (tertiary/aromatic N) is 1. The van der Waals surface area contributed by atoms with Crippen LogP contribution in [0.15, 0.2) is 24.3 Å². The molecule has 2 rings (SSSR count). The Balaban J connectivity index is 1.95. The molecule has 2 aromatic rings. The molecule has 0 aliphatic heterocycles. The number of amides is 1. The number of rotatable bonds is 5. The summed E-state index contributed by atoms with van der Waals surface area (Å²) in [4.78, 5) is 27.9. The lowest BCUT2D eigenvalue weighted by Gasteiger charge is -2.07. The smallest absolute Gasteiger partial charge is 0.264 e. The molecule has 1 heterocycles. The molecule has 1 aromatic carbocycles. The highest BCUT2D eigenvalue weighted by atomic mass is 32.1. The van der Waals surface area contributed by atoms with E-state index in [1.807, 2.05) is 31.2 Å². The summed E-state index contributed by atoms with van der Waals surface area (Å²) in [5, 5.41) is 3.05. The number of ketones is 1. The Hall–Kier alpha value is -2.21. The Bertz CT molecular complexity index is 679. The predicted octanol–water partition coefficient (Wildman–Crippen LogP) is 2.98. The third kappa shape index (κ3) is 3.88. The molecular formula is C15H16N2O3S. The standard InChI is InChI=1S/C15H16N2O3S/c1-9-6-4-5-7-12(9)20-8-13(19)17-15-16-10(2)14(21-15)11(3)18/h4-7H,8H2,1-3H3,(H,16,17,19). The molecule has 110 valence electrons. The molecule has 6 heteroatoms. The lowest BCUT2D eigenvalue weighted by Crippen LogP contribution is -2.20. The van der Waals surface area contributed by atoms with Gasteiger partial charge in [-0.3, -0.25) is 14.9 Å². The highest BCUT2D eigenvalue weighted by molar-refractivity contribution is 7.17. The number of Topliss-reactive ketones (excluding diaryl/α,β-unsaturated/α-hetero) is 1. The number of nitrogens with one attached hydrogen (secondary N) is 1. The topological polar surface area (TPSA) is 68.3 Å². The Morgan fingerprint density at radius 2 is 2.00 bits per heavy atom. The van der Waals surface area contributed by atoms with E-state index in [0.717, 1.165) is 5.56 Å². The van der Waals surface area contributed by atoms with E-state index >= 15 is 0 Å². The Morgan fingerprint density at radius 3 is 2.62 bits per heavy atom. The molecule has 5 nitrogen and oxygen atoms in total. The van der Waals surface area contributed by atoms with E-state index in [9.17, 15) is 9.59 Å². The van der Waals surface area contributed by atoms with Crippen molar-refractivity contribution in [3.05, 3.63) is 40.4 Å². The number of hydrogen-bond donors (Lipinski definition) is 1. The molecular weight excluding hydrogens is 288 g/mol. The van der Waals surface area contributed by atoms with Crippen LogP contribution in [0.4, 0.5) is 5.13 Å². The maximum Gasteiger partial charge on any atom is 0.264 e. The number of hydrogen-bond acceptors (Lipinski definition) is 5. The van der Waals surface area contributed by atoms with Crippen molar-refractivity contribution in [2.75, 3.05) is 11.9 Å². The van der Waals surface area contributed by atoms with Gasteiger partial charge in [-0.1, -0.05) is 29.5 Å². The van der Waals surface area contributed by atoms with Crippen molar-refractivity contribution in [2.24, 2.45) is 0 Å². The number of ether oxygens (including phenoxy) is 1. The lowest BCUT2D eigenvalue weighted by atomic mass is 10.2. The largest absolute Gasteiger partial charge is 0.483 e. The normalized spacial score (nSPS) is 10.2. The van der Waals surface area contributed by atoms with Gasteiger partial charge in [-0.05, 0) is 25.5 Å². The highest BCUT2D eigenvalue weighted by Crippen LogP contribution is 2.23. The van der Waals surface area contributed by atoms with Crippen LogP contribution >= 0.6 is 11.3 Å². The van der Waals surface area contributed by atoms with E-state index < -0.39 is 0 Å². The van der Waals surface area contributed by atoms with Crippen LogP contribution in [0.3, 0.4) is 0 Å². The molecule has 0 saturated carbocycles. The first-order chi connectivity index (χ1) is 9.97. The minimum absolute atomic E-state index is 0.0540. The molecule has 1 N–H and O–H groups in total. The van der Waals surface area contributed by atoms with Crippen molar-refractivity contribution in [3.63, 3.8) is 0 Å². The zero-order chi connectivity index (χ0) is 15.4. The van der Waals surface area contributed by atoms with Crippen LogP contribution in [0.2, 0.25) is 0 Å². The van der Waals surface area contributed by atoms with Gasteiger partial charge in [0.05, 0.1) is 10.6 Å². The first-order valence-electron chi connectivity index (χ1n) is 6.44. The summed E-state index contributed by atoms with van der Waals surface area (Å²) < 4.78 is 5.45. The number of carbonyl (C=O) groups is 2. The van der Waals surface area contributed by atoms with Gasteiger partial charge in [-0.25, -0.2) is 4.98 Å². The van der Waals surface area contributed by atoms with Crippen LogP contribution in [0.5, 0.6) is 5.75 Å². The van der Waals surface area contributed by atoms with Gasteiger partial charge in [0.25, 0.3) is 5.91 Å². The van der Waals surface area contributed by atoms with Crippen molar-refractivity contribution in [3.8, 4) is 5.75 Å². The first-order valence-corrected chi connectivity index (χ1v) is 7.25. The lowest BCUT2D eigenvalue weighted by molar-refractivity contribution is -0.118. The Labute approximate surface area is 127 Å². The van der Waals surface area contributed by atoms with Crippen LogP contribution in [0.25, 0.3) is 0 Å². The average molecular weight is 304 g/mol. The second-order valence-electron chi connectivity index (χ2n) is 4.59. The summed E-state index contributed by atoms with van der Waals surface area (Å²) >= 11 is 1.17. The number of aromatic nitrogens is 1. The summed E-state index contributed by atoms with van der Waals surface area (Å²) in [6, 6.07) is 7.48. The van der Waals surface area contributed by atoms with Crippen LogP contribution in [0.1, 0.15) is 27.9 Å². The molecule has 0 atom stereocenters. The number of anilines is 1. The Kier molecular flexibility index (Phi) is 4.70. The number of para-hydroxylation sites is 1. The van der Waals surface area contributed by atoms with E-state index in [1.165, 1.54) is 18.3 Å². The monoisotopic (exact) mass is 304 g/mol. The summed E-state index contributed by atoms with van der Waals surface area (Å²) in [5.41, 5.74) is 1.59. The SMILES string of the molecule is CC(=O)c1sc(NC(=O)COc2ccccc2C)nc1C. The molecule has 21 heavy (non-hydrogen) atoms. The van der Waals surface area contributed by atoms with E-state index in [2.05, 4.69) is 10.3 Å². The molecule has 1 amide bonds. The van der Waals surface area contributed by atoms with Gasteiger partial charge in [0.15, 0.2) is 17.5 Å². The molecule has 0 radical (unpaired) electrons. The van der Waals surface area contributed by atoms with E-state index in [4.69, 9.17) is 4.74 Å². The van der Waals surface area contributed by atoms with Gasteiger partial charge in [-0.2, -0.15) is 0 Å². The maximum atomic E-state index is 11.8. The minimum Gasteiger partial charge on any atom is -0.483 e. The van der Waals surface area contributed by atoms with Crippen LogP contribution in [-0.2, 0) is 4.79 Å². The average Bonchev–Trinajstić information content (AvgIpc) is 2.79. The molecule has 0 aliphatic carbocycles. The molecule has 0 bridgehead atoms. The van der Waals surface area contributed by atoms with Gasteiger partial charge < -0.3 is 4.74 Å². The fraction of sp³-hybridized carbons (Fsp3) is 0.267. The third-order valence-electron chi connectivity index (χ3n) is 2.82.